The quantitative estimate of drug-likeness (QED) is 0.0266. The Morgan fingerprint density at radius 1 is 0.653 bits per heavy atom. The number of aliphatic hydroxyl groups excluding tert-OH is 1. The molecular weight excluding hydrogens is 641 g/mol. The van der Waals surface area contributed by atoms with Gasteiger partial charge in [0.15, 0.2) is 0 Å². The van der Waals surface area contributed by atoms with E-state index in [9.17, 15) is 24.2 Å². The number of nitrogens with one attached hydrogen (secondary N) is 1. The summed E-state index contributed by atoms with van der Waals surface area (Å²) in [4.78, 5) is 33.6. The van der Waals surface area contributed by atoms with Crippen molar-refractivity contribution >= 4 is 19.7 Å². The van der Waals surface area contributed by atoms with Crippen molar-refractivity contribution in [2.75, 3.05) is 26.4 Å². The Kier molecular flexibility index (Phi) is 33.4. The number of hydrogen-bond acceptors (Lipinski definition) is 7. The molecule has 0 rings (SSSR count). The summed E-state index contributed by atoms with van der Waals surface area (Å²) < 4.78 is 26.6. The molecule has 2 atom stereocenters. The average Bonchev–Trinajstić information content (AvgIpc) is 3.08. The minimum atomic E-state index is -4.42. The Labute approximate surface area is 297 Å². The number of carbonyl (C=O) groups is 2. The van der Waals surface area contributed by atoms with Gasteiger partial charge in [0, 0.05) is 19.4 Å². The first kappa shape index (κ1) is 46.5. The molecule has 0 saturated heterocycles. The van der Waals surface area contributed by atoms with Crippen molar-refractivity contribution in [3.8, 4) is 0 Å². The fourth-order valence-corrected chi connectivity index (χ4v) is 5.16. The average molecular weight is 708 g/mol. The Bertz CT molecular complexity index is 1030. The van der Waals surface area contributed by atoms with Crippen LogP contribution in [0.25, 0.3) is 0 Å². The van der Waals surface area contributed by atoms with Crippen LogP contribution in [0.3, 0.4) is 0 Å². The minimum Gasteiger partial charge on any atom is -0.463 e. The van der Waals surface area contributed by atoms with Gasteiger partial charge in [0.1, 0.15) is 12.7 Å². The van der Waals surface area contributed by atoms with Gasteiger partial charge in [0.2, 0.25) is 5.91 Å². The summed E-state index contributed by atoms with van der Waals surface area (Å²) in [5, 5.41) is 12.6. The molecular formula is C39H66NO8P. The lowest BCUT2D eigenvalue weighted by atomic mass is 10.1. The predicted molar refractivity (Wildman–Crippen MR) is 201 cm³/mol. The third kappa shape index (κ3) is 36.6. The molecule has 3 N–H and O–H groups in total. The maximum Gasteiger partial charge on any atom is 0.472 e. The number of phosphoric ester groups is 1. The molecule has 0 saturated carbocycles. The summed E-state index contributed by atoms with van der Waals surface area (Å²) >= 11 is 0. The number of rotatable bonds is 33. The fraction of sp³-hybridized carbons (Fsp3) is 0.641. The molecule has 9 nitrogen and oxygen atoms in total. The summed E-state index contributed by atoms with van der Waals surface area (Å²) in [6, 6.07) is 0. The Morgan fingerprint density at radius 2 is 1.14 bits per heavy atom. The van der Waals surface area contributed by atoms with Crippen molar-refractivity contribution in [1.29, 1.82) is 0 Å². The molecule has 0 aromatic carbocycles. The first-order chi connectivity index (χ1) is 23.8. The van der Waals surface area contributed by atoms with Crippen molar-refractivity contribution in [3.63, 3.8) is 0 Å². The molecule has 0 aromatic heterocycles. The van der Waals surface area contributed by atoms with Gasteiger partial charge in [-0.3, -0.25) is 18.6 Å². The van der Waals surface area contributed by atoms with Gasteiger partial charge in [-0.2, -0.15) is 0 Å². The highest BCUT2D eigenvalue weighted by atomic mass is 31.2. The van der Waals surface area contributed by atoms with Crippen LogP contribution in [0.4, 0.5) is 0 Å². The number of amides is 1. The van der Waals surface area contributed by atoms with Gasteiger partial charge >= 0.3 is 13.8 Å². The van der Waals surface area contributed by atoms with Crippen molar-refractivity contribution in [2.45, 2.75) is 136 Å². The molecule has 0 heterocycles. The van der Waals surface area contributed by atoms with Gasteiger partial charge in [0.25, 0.3) is 0 Å². The van der Waals surface area contributed by atoms with Gasteiger partial charge in [-0.25, -0.2) is 4.57 Å². The number of hydrogen-bond donors (Lipinski definition) is 3. The van der Waals surface area contributed by atoms with Crippen molar-refractivity contribution in [1.82, 2.24) is 5.32 Å². The molecule has 0 radical (unpaired) electrons. The largest absolute Gasteiger partial charge is 0.472 e. The number of unbranched alkanes of at least 4 members (excludes halogenated alkanes) is 8. The molecule has 280 valence electrons. The highest BCUT2D eigenvalue weighted by Crippen LogP contribution is 2.42. The van der Waals surface area contributed by atoms with Crippen molar-refractivity contribution in [3.05, 3.63) is 72.9 Å². The molecule has 2 unspecified atom stereocenters. The molecule has 0 aromatic rings. The second-order valence-electron chi connectivity index (χ2n) is 11.8. The van der Waals surface area contributed by atoms with Crippen LogP contribution in [0.1, 0.15) is 129 Å². The summed E-state index contributed by atoms with van der Waals surface area (Å²) in [6.45, 7) is 3.30. The maximum absolute atomic E-state index is 12.0. The van der Waals surface area contributed by atoms with E-state index in [0.717, 1.165) is 57.8 Å². The van der Waals surface area contributed by atoms with E-state index >= 15 is 0 Å². The lowest BCUT2D eigenvalue weighted by molar-refractivity contribution is -0.147. The molecule has 0 fully saturated rings. The first-order valence-corrected chi connectivity index (χ1v) is 19.9. The SMILES string of the molecule is CC/C=C\C/C=C\C/C=C\C/C=C\C/C=C\C/C=C\CCC(=O)OCC(O)COP(=O)(O)OCCNC(=O)CCCCCCCCCCC. The molecule has 1 amide bonds. The minimum absolute atomic E-state index is 0.0705. The normalized spacial score (nSPS) is 14.3. The van der Waals surface area contributed by atoms with Crippen LogP contribution < -0.4 is 5.32 Å². The smallest absolute Gasteiger partial charge is 0.463 e. The standard InChI is InChI=1S/C39H66NO8P/c1-3-5-7-9-11-13-14-15-16-17-18-19-20-21-22-24-26-28-30-32-39(43)46-35-37(41)36-48-49(44,45)47-34-33-40-38(42)31-29-27-25-23-12-10-8-6-4-2/h5,7,11,13,15-16,18-19,21-22,26,28,37,41H,3-4,6,8-10,12,14,17,20,23-25,27,29-36H2,1-2H3,(H,40,42)(H,44,45)/b7-5-,13-11-,16-15-,19-18-,22-21-,28-26-. The molecule has 0 aliphatic rings. The zero-order valence-electron chi connectivity index (χ0n) is 30.4. The number of esters is 1. The topological polar surface area (TPSA) is 131 Å². The van der Waals surface area contributed by atoms with E-state index in [4.69, 9.17) is 13.8 Å². The number of ether oxygens (including phenoxy) is 1. The van der Waals surface area contributed by atoms with Crippen LogP contribution >= 0.6 is 7.82 Å². The molecule has 0 aliphatic heterocycles. The van der Waals surface area contributed by atoms with E-state index in [1.807, 2.05) is 12.2 Å². The molecule has 10 heteroatoms. The maximum atomic E-state index is 12.0. The summed E-state index contributed by atoms with van der Waals surface area (Å²) in [7, 11) is -4.42. The molecule has 49 heavy (non-hydrogen) atoms. The second kappa shape index (κ2) is 35.3. The van der Waals surface area contributed by atoms with E-state index in [1.54, 1.807) is 0 Å². The third-order valence-corrected chi connectivity index (χ3v) is 8.15. The monoisotopic (exact) mass is 707 g/mol. The van der Waals surface area contributed by atoms with E-state index in [-0.39, 0.29) is 32.1 Å². The van der Waals surface area contributed by atoms with Crippen LogP contribution in [0.15, 0.2) is 72.9 Å². The number of allylic oxidation sites excluding steroid dienone is 12. The molecule has 0 spiro atoms. The van der Waals surface area contributed by atoms with Crippen LogP contribution in [0, 0.1) is 0 Å². The van der Waals surface area contributed by atoms with Gasteiger partial charge in [0.05, 0.1) is 13.2 Å². The van der Waals surface area contributed by atoms with E-state index in [1.165, 1.54) is 38.5 Å². The number of phosphoric acid groups is 1. The Hall–Kier alpha value is -2.55. The van der Waals surface area contributed by atoms with E-state index < -0.39 is 26.5 Å². The lowest BCUT2D eigenvalue weighted by Crippen LogP contribution is -2.27. The first-order valence-electron chi connectivity index (χ1n) is 18.4. The summed E-state index contributed by atoms with van der Waals surface area (Å²) in [5.41, 5.74) is 0. The summed E-state index contributed by atoms with van der Waals surface area (Å²) in [6.07, 6.45) is 41.4. The molecule has 0 aliphatic carbocycles. The Balaban J connectivity index is 3.78. The fourth-order valence-electron chi connectivity index (χ4n) is 4.40. The zero-order valence-corrected chi connectivity index (χ0v) is 31.2. The predicted octanol–water partition coefficient (Wildman–Crippen LogP) is 9.54. The number of carbonyl (C=O) groups excluding carboxylic acids is 2. The third-order valence-electron chi connectivity index (χ3n) is 7.16. The van der Waals surface area contributed by atoms with Crippen LogP contribution in [-0.2, 0) is 27.9 Å². The van der Waals surface area contributed by atoms with Crippen LogP contribution in [0.5, 0.6) is 0 Å². The van der Waals surface area contributed by atoms with E-state index in [0.29, 0.717) is 12.8 Å². The zero-order chi connectivity index (χ0) is 36.1. The Morgan fingerprint density at radius 3 is 1.67 bits per heavy atom. The van der Waals surface area contributed by atoms with Gasteiger partial charge in [-0.1, -0.05) is 138 Å². The van der Waals surface area contributed by atoms with Gasteiger partial charge in [-0.05, 0) is 51.4 Å². The van der Waals surface area contributed by atoms with E-state index in [2.05, 4.69) is 79.9 Å². The lowest BCUT2D eigenvalue weighted by Gasteiger charge is -2.15. The van der Waals surface area contributed by atoms with Gasteiger partial charge < -0.3 is 20.1 Å². The molecule has 0 bridgehead atoms. The van der Waals surface area contributed by atoms with Gasteiger partial charge in [-0.15, -0.1) is 0 Å². The van der Waals surface area contributed by atoms with Crippen molar-refractivity contribution < 1.29 is 37.9 Å². The highest BCUT2D eigenvalue weighted by Gasteiger charge is 2.23. The van der Waals surface area contributed by atoms with Crippen molar-refractivity contribution in [2.24, 2.45) is 0 Å². The van der Waals surface area contributed by atoms with Crippen LogP contribution in [0.2, 0.25) is 0 Å². The highest BCUT2D eigenvalue weighted by molar-refractivity contribution is 7.47. The number of aliphatic hydroxyl groups is 1. The van der Waals surface area contributed by atoms with Crippen LogP contribution in [-0.4, -0.2) is 54.3 Å². The second-order valence-corrected chi connectivity index (χ2v) is 13.3. The summed E-state index contributed by atoms with van der Waals surface area (Å²) in [5.74, 6) is -0.613.